The SMILES string of the molecule is CCC1(C(=O)N2CCCCO2)CCCN1. The third-order valence-corrected chi connectivity index (χ3v) is 3.49. The van der Waals surface area contributed by atoms with E-state index in [0.29, 0.717) is 6.61 Å². The molecule has 2 aliphatic heterocycles. The summed E-state index contributed by atoms with van der Waals surface area (Å²) < 4.78 is 0. The summed E-state index contributed by atoms with van der Waals surface area (Å²) in [4.78, 5) is 17.7. The highest BCUT2D eigenvalue weighted by atomic mass is 16.7. The first-order chi connectivity index (χ1) is 7.28. The molecule has 1 unspecified atom stereocenters. The number of hydrogen-bond acceptors (Lipinski definition) is 3. The molecule has 1 amide bonds. The van der Waals surface area contributed by atoms with E-state index in [2.05, 4.69) is 12.2 Å². The normalized spacial score (nSPS) is 31.9. The zero-order valence-electron chi connectivity index (χ0n) is 9.42. The van der Waals surface area contributed by atoms with Crippen molar-refractivity contribution >= 4 is 5.91 Å². The van der Waals surface area contributed by atoms with E-state index in [0.717, 1.165) is 45.2 Å². The lowest BCUT2D eigenvalue weighted by molar-refractivity contribution is -0.203. The molecule has 0 aliphatic carbocycles. The van der Waals surface area contributed by atoms with Crippen LogP contribution in [0.4, 0.5) is 0 Å². The van der Waals surface area contributed by atoms with Crippen LogP contribution in [0.25, 0.3) is 0 Å². The van der Waals surface area contributed by atoms with Gasteiger partial charge >= 0.3 is 0 Å². The van der Waals surface area contributed by atoms with Gasteiger partial charge in [-0.05, 0) is 38.6 Å². The van der Waals surface area contributed by atoms with Gasteiger partial charge in [-0.2, -0.15) is 0 Å². The van der Waals surface area contributed by atoms with Crippen LogP contribution in [0, 0.1) is 0 Å². The largest absolute Gasteiger partial charge is 0.303 e. The van der Waals surface area contributed by atoms with Gasteiger partial charge in [0.05, 0.1) is 6.61 Å². The van der Waals surface area contributed by atoms with Gasteiger partial charge in [-0.15, -0.1) is 0 Å². The maximum Gasteiger partial charge on any atom is 0.266 e. The molecule has 1 N–H and O–H groups in total. The molecule has 0 aromatic rings. The van der Waals surface area contributed by atoms with Crippen LogP contribution in [0.2, 0.25) is 0 Å². The number of hydrogen-bond donors (Lipinski definition) is 1. The van der Waals surface area contributed by atoms with Crippen molar-refractivity contribution in [2.24, 2.45) is 0 Å². The predicted molar refractivity (Wildman–Crippen MR) is 57.2 cm³/mol. The van der Waals surface area contributed by atoms with Crippen LogP contribution in [-0.4, -0.2) is 36.2 Å². The summed E-state index contributed by atoms with van der Waals surface area (Å²) in [6.07, 6.45) is 5.02. The zero-order valence-corrected chi connectivity index (χ0v) is 9.42. The maximum atomic E-state index is 12.3. The van der Waals surface area contributed by atoms with Crippen molar-refractivity contribution in [1.29, 1.82) is 0 Å². The third kappa shape index (κ3) is 2.01. The van der Waals surface area contributed by atoms with E-state index >= 15 is 0 Å². The minimum absolute atomic E-state index is 0.141. The second-order valence-corrected chi connectivity index (χ2v) is 4.41. The quantitative estimate of drug-likeness (QED) is 0.744. The molecule has 0 aromatic carbocycles. The highest BCUT2D eigenvalue weighted by Crippen LogP contribution is 2.26. The number of carbonyl (C=O) groups is 1. The van der Waals surface area contributed by atoms with Crippen LogP contribution >= 0.6 is 0 Å². The van der Waals surface area contributed by atoms with Crippen molar-refractivity contribution in [2.45, 2.75) is 44.6 Å². The summed E-state index contributed by atoms with van der Waals surface area (Å²) in [6, 6.07) is 0. The Bertz CT molecular complexity index is 231. The molecule has 86 valence electrons. The lowest BCUT2D eigenvalue weighted by Crippen LogP contribution is -2.55. The van der Waals surface area contributed by atoms with Gasteiger partial charge in [0.25, 0.3) is 5.91 Å². The van der Waals surface area contributed by atoms with E-state index in [1.165, 1.54) is 0 Å². The second-order valence-electron chi connectivity index (χ2n) is 4.41. The van der Waals surface area contributed by atoms with E-state index in [1.54, 1.807) is 5.06 Å². The summed E-state index contributed by atoms with van der Waals surface area (Å²) >= 11 is 0. The van der Waals surface area contributed by atoms with Crippen molar-refractivity contribution in [2.75, 3.05) is 19.7 Å². The van der Waals surface area contributed by atoms with Crippen molar-refractivity contribution in [3.63, 3.8) is 0 Å². The monoisotopic (exact) mass is 212 g/mol. The standard InChI is InChI=1S/C11H20N2O2/c1-2-11(6-5-7-12-11)10(14)13-8-3-4-9-15-13/h12H,2-9H2,1H3. The molecule has 0 radical (unpaired) electrons. The van der Waals surface area contributed by atoms with Gasteiger partial charge < -0.3 is 5.32 Å². The summed E-state index contributed by atoms with van der Waals surface area (Å²) in [6.45, 7) is 4.46. The van der Waals surface area contributed by atoms with Gasteiger partial charge in [0.15, 0.2) is 0 Å². The van der Waals surface area contributed by atoms with Crippen LogP contribution in [-0.2, 0) is 9.63 Å². The van der Waals surface area contributed by atoms with Crippen LogP contribution in [0.1, 0.15) is 39.0 Å². The smallest absolute Gasteiger partial charge is 0.266 e. The minimum Gasteiger partial charge on any atom is -0.303 e. The molecule has 2 aliphatic rings. The average molecular weight is 212 g/mol. The maximum absolute atomic E-state index is 12.3. The van der Waals surface area contributed by atoms with Crippen molar-refractivity contribution in [3.8, 4) is 0 Å². The molecular formula is C11H20N2O2. The number of hydroxylamine groups is 2. The number of carbonyl (C=O) groups excluding carboxylic acids is 1. The summed E-state index contributed by atoms with van der Waals surface area (Å²) in [5, 5.41) is 4.92. The molecule has 1 atom stereocenters. The third-order valence-electron chi connectivity index (χ3n) is 3.49. The molecule has 4 nitrogen and oxygen atoms in total. The molecule has 0 bridgehead atoms. The molecule has 0 saturated carbocycles. The van der Waals surface area contributed by atoms with E-state index < -0.39 is 0 Å². The minimum atomic E-state index is -0.336. The topological polar surface area (TPSA) is 41.6 Å². The first-order valence-corrected chi connectivity index (χ1v) is 5.98. The van der Waals surface area contributed by atoms with Crippen LogP contribution in [0.15, 0.2) is 0 Å². The van der Waals surface area contributed by atoms with Crippen molar-refractivity contribution < 1.29 is 9.63 Å². The zero-order chi connectivity index (χ0) is 10.7. The van der Waals surface area contributed by atoms with Crippen molar-refractivity contribution in [1.82, 2.24) is 10.4 Å². The predicted octanol–water partition coefficient (Wildman–Crippen LogP) is 1.07. The van der Waals surface area contributed by atoms with Crippen LogP contribution in [0.3, 0.4) is 0 Å². The fourth-order valence-corrected chi connectivity index (χ4v) is 2.44. The molecular weight excluding hydrogens is 192 g/mol. The Kier molecular flexibility index (Phi) is 3.26. The van der Waals surface area contributed by atoms with E-state index in [1.807, 2.05) is 0 Å². The Morgan fingerprint density at radius 3 is 2.87 bits per heavy atom. The van der Waals surface area contributed by atoms with E-state index in [4.69, 9.17) is 4.84 Å². The second kappa shape index (κ2) is 4.49. The van der Waals surface area contributed by atoms with Gasteiger partial charge in [0.1, 0.15) is 5.54 Å². The highest BCUT2D eigenvalue weighted by molar-refractivity contribution is 5.86. The molecule has 2 fully saturated rings. The molecule has 2 saturated heterocycles. The highest BCUT2D eigenvalue weighted by Gasteiger charge is 2.42. The molecule has 0 aromatic heterocycles. The first kappa shape index (κ1) is 10.9. The number of nitrogens with zero attached hydrogens (tertiary/aromatic N) is 1. The Balaban J connectivity index is 2.03. The summed E-state index contributed by atoms with van der Waals surface area (Å²) in [5.41, 5.74) is -0.336. The Labute approximate surface area is 90.9 Å². The molecule has 2 heterocycles. The van der Waals surface area contributed by atoms with Gasteiger partial charge in [-0.1, -0.05) is 6.92 Å². The molecule has 15 heavy (non-hydrogen) atoms. The lowest BCUT2D eigenvalue weighted by atomic mass is 9.93. The number of amides is 1. The van der Waals surface area contributed by atoms with Crippen molar-refractivity contribution in [3.05, 3.63) is 0 Å². The Morgan fingerprint density at radius 1 is 1.47 bits per heavy atom. The fourth-order valence-electron chi connectivity index (χ4n) is 2.44. The first-order valence-electron chi connectivity index (χ1n) is 5.98. The lowest BCUT2D eigenvalue weighted by Gasteiger charge is -2.34. The van der Waals surface area contributed by atoms with Gasteiger partial charge in [0, 0.05) is 6.54 Å². The van der Waals surface area contributed by atoms with Crippen LogP contribution in [0.5, 0.6) is 0 Å². The Hall–Kier alpha value is -0.610. The van der Waals surface area contributed by atoms with E-state index in [9.17, 15) is 4.79 Å². The summed E-state index contributed by atoms with van der Waals surface area (Å²) in [7, 11) is 0. The average Bonchev–Trinajstić information content (AvgIpc) is 2.79. The fraction of sp³-hybridized carbons (Fsp3) is 0.909. The number of nitrogens with one attached hydrogen (secondary N) is 1. The number of rotatable bonds is 2. The van der Waals surface area contributed by atoms with Gasteiger partial charge in [-0.25, -0.2) is 5.06 Å². The summed E-state index contributed by atoms with van der Waals surface area (Å²) in [5.74, 6) is 0.141. The van der Waals surface area contributed by atoms with E-state index in [-0.39, 0.29) is 11.4 Å². The molecule has 2 rings (SSSR count). The molecule has 4 heteroatoms. The molecule has 0 spiro atoms. The van der Waals surface area contributed by atoms with Gasteiger partial charge in [-0.3, -0.25) is 9.63 Å². The van der Waals surface area contributed by atoms with Crippen LogP contribution < -0.4 is 5.32 Å². The van der Waals surface area contributed by atoms with Gasteiger partial charge in [0.2, 0.25) is 0 Å². The Morgan fingerprint density at radius 2 is 2.33 bits per heavy atom.